The number of nitrogens with two attached hydrogens (primary N) is 1. The Morgan fingerprint density at radius 2 is 1.89 bits per heavy atom. The van der Waals surface area contributed by atoms with Crippen molar-refractivity contribution in [2.45, 2.75) is 6.54 Å². The third-order valence-electron chi connectivity index (χ3n) is 2.86. The summed E-state index contributed by atoms with van der Waals surface area (Å²) in [7, 11) is 0. The van der Waals surface area contributed by atoms with Crippen LogP contribution in [0.15, 0.2) is 24.5 Å². The Hall–Kier alpha value is -1.95. The van der Waals surface area contributed by atoms with Crippen molar-refractivity contribution in [1.82, 2.24) is 4.90 Å². The average molecular weight is 250 g/mol. The second kappa shape index (κ2) is 5.59. The molecule has 18 heavy (non-hydrogen) atoms. The lowest BCUT2D eigenvalue weighted by Gasteiger charge is -2.25. The van der Waals surface area contributed by atoms with Crippen LogP contribution in [0.2, 0.25) is 0 Å². The van der Waals surface area contributed by atoms with Gasteiger partial charge in [-0.25, -0.2) is 0 Å². The van der Waals surface area contributed by atoms with Gasteiger partial charge >= 0.3 is 0 Å². The highest BCUT2D eigenvalue weighted by Crippen LogP contribution is 1.98. The molecule has 1 aliphatic rings. The average Bonchev–Trinajstić information content (AvgIpc) is 2.40. The van der Waals surface area contributed by atoms with Crippen molar-refractivity contribution < 1.29 is 18.9 Å². The molecule has 0 radical (unpaired) electrons. The molecule has 0 bridgehead atoms. The molecule has 0 saturated carbocycles. The first-order valence-electron chi connectivity index (χ1n) is 5.81. The van der Waals surface area contributed by atoms with Gasteiger partial charge in [0.25, 0.3) is 5.91 Å². The van der Waals surface area contributed by atoms with Gasteiger partial charge in [0.15, 0.2) is 12.4 Å². The normalized spacial score (nSPS) is 15.4. The van der Waals surface area contributed by atoms with Gasteiger partial charge in [-0.05, 0) is 0 Å². The fraction of sp³-hybridized carbons (Fsp3) is 0.417. The zero-order valence-electron chi connectivity index (χ0n) is 10.0. The molecule has 2 rings (SSSR count). The number of morpholine rings is 1. The monoisotopic (exact) mass is 250 g/mol. The van der Waals surface area contributed by atoms with Crippen LogP contribution >= 0.6 is 0 Å². The molecule has 2 N–H and O–H groups in total. The van der Waals surface area contributed by atoms with Crippen LogP contribution in [0.25, 0.3) is 0 Å². The van der Waals surface area contributed by atoms with Crippen LogP contribution in [0, 0.1) is 0 Å². The van der Waals surface area contributed by atoms with E-state index >= 15 is 0 Å². The molecule has 0 atom stereocenters. The molecule has 0 aromatic carbocycles. The molecule has 1 aliphatic heterocycles. The molecule has 2 heterocycles. The van der Waals surface area contributed by atoms with Crippen molar-refractivity contribution in [2.24, 2.45) is 5.73 Å². The minimum absolute atomic E-state index is 0.0510. The first kappa shape index (κ1) is 12.5. The second-order valence-electron chi connectivity index (χ2n) is 4.12. The number of hydrogen-bond acceptors (Lipinski definition) is 3. The van der Waals surface area contributed by atoms with Crippen LogP contribution in [0.3, 0.4) is 0 Å². The number of primary amides is 1. The first-order chi connectivity index (χ1) is 8.66. The van der Waals surface area contributed by atoms with E-state index in [1.54, 1.807) is 34.0 Å². The predicted molar refractivity (Wildman–Crippen MR) is 62.6 cm³/mol. The summed E-state index contributed by atoms with van der Waals surface area (Å²) in [6.07, 6.45) is 3.36. The number of carbonyl (C=O) groups is 2. The van der Waals surface area contributed by atoms with Crippen molar-refractivity contribution in [1.29, 1.82) is 0 Å². The third-order valence-corrected chi connectivity index (χ3v) is 2.86. The summed E-state index contributed by atoms with van der Waals surface area (Å²) in [5.74, 6) is -0.420. The summed E-state index contributed by atoms with van der Waals surface area (Å²) in [6.45, 7) is 2.73. The maximum atomic E-state index is 11.9. The van der Waals surface area contributed by atoms with E-state index < -0.39 is 5.91 Å². The number of carbonyl (C=O) groups excluding carboxylic acids is 2. The zero-order chi connectivity index (χ0) is 13.0. The molecule has 2 amide bonds. The first-order valence-corrected chi connectivity index (χ1v) is 5.81. The van der Waals surface area contributed by atoms with E-state index in [2.05, 4.69) is 0 Å². The second-order valence-corrected chi connectivity index (χ2v) is 4.12. The Labute approximate surface area is 105 Å². The van der Waals surface area contributed by atoms with Gasteiger partial charge in [-0.3, -0.25) is 9.59 Å². The van der Waals surface area contributed by atoms with E-state index in [0.29, 0.717) is 31.9 Å². The number of hydrogen-bond donors (Lipinski definition) is 1. The Kier molecular flexibility index (Phi) is 3.88. The fourth-order valence-electron chi connectivity index (χ4n) is 1.80. The van der Waals surface area contributed by atoms with Gasteiger partial charge in [-0.15, -0.1) is 0 Å². The highest BCUT2D eigenvalue weighted by molar-refractivity contribution is 5.92. The van der Waals surface area contributed by atoms with Crippen LogP contribution in [0.4, 0.5) is 0 Å². The molecule has 0 spiro atoms. The van der Waals surface area contributed by atoms with Gasteiger partial charge in [0.2, 0.25) is 12.5 Å². The van der Waals surface area contributed by atoms with Crippen molar-refractivity contribution in [3.63, 3.8) is 0 Å². The zero-order valence-corrected chi connectivity index (χ0v) is 10.0. The lowest BCUT2D eigenvalue weighted by Crippen LogP contribution is -2.48. The number of rotatable bonds is 3. The minimum Gasteiger partial charge on any atom is -0.378 e. The van der Waals surface area contributed by atoms with Crippen LogP contribution < -0.4 is 10.3 Å². The Balaban J connectivity index is 1.96. The molecule has 0 aliphatic carbocycles. The van der Waals surface area contributed by atoms with Crippen molar-refractivity contribution in [2.75, 3.05) is 26.3 Å². The van der Waals surface area contributed by atoms with E-state index in [1.165, 1.54) is 0 Å². The Morgan fingerprint density at radius 3 is 2.44 bits per heavy atom. The molecule has 1 aromatic rings. The van der Waals surface area contributed by atoms with Crippen LogP contribution in [-0.4, -0.2) is 43.0 Å². The van der Waals surface area contributed by atoms with E-state index in [4.69, 9.17) is 10.5 Å². The Bertz CT molecular complexity index is 438. The van der Waals surface area contributed by atoms with Gasteiger partial charge < -0.3 is 15.4 Å². The highest BCUT2D eigenvalue weighted by Gasteiger charge is 2.20. The molecular formula is C12H16N3O3+. The summed E-state index contributed by atoms with van der Waals surface area (Å²) in [5.41, 5.74) is 5.58. The third kappa shape index (κ3) is 3.04. The quantitative estimate of drug-likeness (QED) is 0.694. The molecule has 6 heteroatoms. The molecule has 1 aromatic heterocycles. The number of pyridine rings is 1. The largest absolute Gasteiger partial charge is 0.378 e. The van der Waals surface area contributed by atoms with Gasteiger partial charge in [0.05, 0.1) is 18.8 Å². The molecular weight excluding hydrogens is 234 g/mol. The standard InChI is InChI=1S/C12H15N3O3/c13-12(17)10-1-3-14(4-2-10)9-11(16)15-5-7-18-8-6-15/h1-4H,5-9H2,(H-,13,17)/p+1. The fourth-order valence-corrected chi connectivity index (χ4v) is 1.80. The summed E-state index contributed by atoms with van der Waals surface area (Å²) >= 11 is 0. The van der Waals surface area contributed by atoms with Crippen LogP contribution in [0.1, 0.15) is 10.4 Å². The predicted octanol–water partition coefficient (Wildman–Crippen LogP) is -1.07. The van der Waals surface area contributed by atoms with Crippen LogP contribution in [-0.2, 0) is 16.1 Å². The number of amides is 2. The molecule has 96 valence electrons. The summed E-state index contributed by atoms with van der Waals surface area (Å²) in [5, 5.41) is 0. The molecule has 0 unspecified atom stereocenters. The van der Waals surface area contributed by atoms with Gasteiger partial charge in [0, 0.05) is 25.2 Å². The van der Waals surface area contributed by atoms with Crippen molar-refractivity contribution in [3.05, 3.63) is 30.1 Å². The van der Waals surface area contributed by atoms with Gasteiger partial charge in [-0.1, -0.05) is 0 Å². The topological polar surface area (TPSA) is 76.5 Å². The lowest BCUT2D eigenvalue weighted by molar-refractivity contribution is -0.685. The number of aromatic nitrogens is 1. The van der Waals surface area contributed by atoms with Crippen LogP contribution in [0.5, 0.6) is 0 Å². The highest BCUT2D eigenvalue weighted by atomic mass is 16.5. The SMILES string of the molecule is NC(=O)c1cc[n+](CC(=O)N2CCOCC2)cc1. The molecule has 1 saturated heterocycles. The van der Waals surface area contributed by atoms with E-state index in [-0.39, 0.29) is 12.5 Å². The number of nitrogens with zero attached hydrogens (tertiary/aromatic N) is 2. The van der Waals surface area contributed by atoms with Gasteiger partial charge in [-0.2, -0.15) is 4.57 Å². The van der Waals surface area contributed by atoms with E-state index in [0.717, 1.165) is 0 Å². The van der Waals surface area contributed by atoms with Gasteiger partial charge in [0.1, 0.15) is 0 Å². The number of ether oxygens (including phenoxy) is 1. The summed E-state index contributed by atoms with van der Waals surface area (Å²) < 4.78 is 6.92. The maximum absolute atomic E-state index is 11.9. The Morgan fingerprint density at radius 1 is 1.28 bits per heavy atom. The summed E-state index contributed by atoms with van der Waals surface area (Å²) in [4.78, 5) is 24.6. The van der Waals surface area contributed by atoms with Crippen molar-refractivity contribution >= 4 is 11.8 Å². The molecule has 6 nitrogen and oxygen atoms in total. The minimum atomic E-state index is -0.471. The lowest BCUT2D eigenvalue weighted by atomic mass is 10.2. The van der Waals surface area contributed by atoms with E-state index in [9.17, 15) is 9.59 Å². The maximum Gasteiger partial charge on any atom is 0.288 e. The van der Waals surface area contributed by atoms with Crippen molar-refractivity contribution in [3.8, 4) is 0 Å². The van der Waals surface area contributed by atoms with E-state index in [1.807, 2.05) is 0 Å². The smallest absolute Gasteiger partial charge is 0.288 e. The molecule has 1 fully saturated rings. The summed E-state index contributed by atoms with van der Waals surface area (Å²) in [6, 6.07) is 3.21.